The van der Waals surface area contributed by atoms with Crippen molar-refractivity contribution in [2.45, 2.75) is 38.9 Å². The minimum atomic E-state index is -0.951. The Bertz CT molecular complexity index is 657. The molecule has 7 heteroatoms. The van der Waals surface area contributed by atoms with Crippen LogP contribution in [0.2, 0.25) is 0 Å². The van der Waals surface area contributed by atoms with Crippen LogP contribution < -0.4 is 5.32 Å². The molecule has 0 bridgehead atoms. The summed E-state index contributed by atoms with van der Waals surface area (Å²) in [7, 11) is 1.41. The molecule has 24 heavy (non-hydrogen) atoms. The summed E-state index contributed by atoms with van der Waals surface area (Å²) in [5, 5.41) is 12.2. The van der Waals surface area contributed by atoms with E-state index in [2.05, 4.69) is 21.2 Å². The van der Waals surface area contributed by atoms with Gasteiger partial charge < -0.3 is 19.7 Å². The fraction of sp³-hybridized carbons (Fsp3) is 0.471. The van der Waals surface area contributed by atoms with E-state index in [9.17, 15) is 4.79 Å². The number of carboxylic acid groups (broad SMARTS) is 1. The van der Waals surface area contributed by atoms with Crippen molar-refractivity contribution in [3.8, 4) is 0 Å². The quantitative estimate of drug-likeness (QED) is 0.748. The Balaban J connectivity index is 2.35. The van der Waals surface area contributed by atoms with Crippen LogP contribution in [0, 0.1) is 0 Å². The molecule has 1 saturated heterocycles. The van der Waals surface area contributed by atoms with Crippen molar-refractivity contribution in [2.24, 2.45) is 0 Å². The topological polar surface area (TPSA) is 67.8 Å². The van der Waals surface area contributed by atoms with Gasteiger partial charge in [-0.25, -0.2) is 4.79 Å². The Hall–Kier alpha value is -1.15. The molecule has 0 amide bonds. The summed E-state index contributed by atoms with van der Waals surface area (Å²) in [6.07, 6.45) is 1.97. The third-order valence-corrected chi connectivity index (χ3v) is 5.21. The lowest BCUT2D eigenvalue weighted by Crippen LogP contribution is -2.41. The second-order valence-electron chi connectivity index (χ2n) is 6.88. The third kappa shape index (κ3) is 3.91. The summed E-state index contributed by atoms with van der Waals surface area (Å²) < 4.78 is 12.9. The van der Waals surface area contributed by atoms with Crippen molar-refractivity contribution in [3.63, 3.8) is 0 Å². The predicted molar refractivity (Wildman–Crippen MR) is 99.1 cm³/mol. The predicted octanol–water partition coefficient (Wildman–Crippen LogP) is 3.38. The number of carboxylic acids is 1. The minimum absolute atomic E-state index is 0.241. The van der Waals surface area contributed by atoms with Crippen molar-refractivity contribution in [1.82, 2.24) is 5.32 Å². The average Bonchev–Trinajstić information content (AvgIpc) is 2.68. The van der Waals surface area contributed by atoms with E-state index in [-0.39, 0.29) is 5.56 Å². The first-order chi connectivity index (χ1) is 11.1. The monoisotopic (exact) mass is 395 g/mol. The van der Waals surface area contributed by atoms with E-state index >= 15 is 0 Å². The fourth-order valence-electron chi connectivity index (χ4n) is 2.38. The van der Waals surface area contributed by atoms with E-state index < -0.39 is 24.3 Å². The molecule has 0 spiro atoms. The highest BCUT2D eigenvalue weighted by Crippen LogP contribution is 2.39. The number of nitrogens with one attached hydrogen (secondary N) is 1. The van der Waals surface area contributed by atoms with Crippen molar-refractivity contribution >= 4 is 35.1 Å². The van der Waals surface area contributed by atoms with E-state index in [0.717, 1.165) is 11.0 Å². The summed E-state index contributed by atoms with van der Waals surface area (Å²) in [4.78, 5) is 11.1. The average molecular weight is 396 g/mol. The summed E-state index contributed by atoms with van der Waals surface area (Å²) in [6.45, 7) is 8.66. The van der Waals surface area contributed by atoms with Crippen LogP contribution in [0.15, 0.2) is 28.1 Å². The lowest BCUT2D eigenvalue weighted by molar-refractivity contribution is 0.00578. The molecule has 1 aliphatic rings. The lowest BCUT2D eigenvalue weighted by atomic mass is 9.77. The maximum absolute atomic E-state index is 11.1. The molecule has 0 atom stereocenters. The van der Waals surface area contributed by atoms with Gasteiger partial charge in [0.2, 0.25) is 0 Å². The summed E-state index contributed by atoms with van der Waals surface area (Å²) in [5.41, 5.74) is 1.24. The van der Waals surface area contributed by atoms with Gasteiger partial charge in [-0.15, -0.1) is 0 Å². The molecule has 0 radical (unpaired) electrons. The Labute approximate surface area is 151 Å². The summed E-state index contributed by atoms with van der Waals surface area (Å²) in [5.74, 6) is -0.951. The highest BCUT2D eigenvalue weighted by Gasteiger charge is 2.52. The smallest absolute Gasteiger partial charge is 0.478 e. The van der Waals surface area contributed by atoms with Gasteiger partial charge in [0.1, 0.15) is 0 Å². The molecule has 0 unspecified atom stereocenters. The minimum Gasteiger partial charge on any atom is -0.478 e. The molecule has 130 valence electrons. The van der Waals surface area contributed by atoms with Gasteiger partial charge in [-0.1, -0.05) is 28.1 Å². The van der Waals surface area contributed by atoms with Crippen LogP contribution >= 0.6 is 15.9 Å². The highest BCUT2D eigenvalue weighted by atomic mass is 79.9. The molecule has 1 fully saturated rings. The molecule has 0 saturated carbocycles. The first-order valence-electron chi connectivity index (χ1n) is 7.81. The van der Waals surface area contributed by atoms with Crippen LogP contribution in [-0.4, -0.2) is 43.0 Å². The number of hydrogen-bond donors (Lipinski definition) is 2. The second-order valence-corrected chi connectivity index (χ2v) is 7.73. The number of hydrogen-bond acceptors (Lipinski definition) is 4. The van der Waals surface area contributed by atoms with Crippen LogP contribution in [0.5, 0.6) is 0 Å². The molecular weight excluding hydrogens is 373 g/mol. The van der Waals surface area contributed by atoms with Crippen LogP contribution in [0.4, 0.5) is 0 Å². The Kier molecular flexibility index (Phi) is 5.59. The van der Waals surface area contributed by atoms with Crippen molar-refractivity contribution in [1.29, 1.82) is 0 Å². The van der Waals surface area contributed by atoms with E-state index in [0.29, 0.717) is 11.0 Å². The molecule has 1 heterocycles. The van der Waals surface area contributed by atoms with Gasteiger partial charge in [0.25, 0.3) is 0 Å². The van der Waals surface area contributed by atoms with Gasteiger partial charge in [-0.05, 0) is 57.9 Å². The van der Waals surface area contributed by atoms with Gasteiger partial charge in [0.15, 0.2) is 0 Å². The maximum atomic E-state index is 11.1. The number of halogens is 1. The molecule has 0 aliphatic carbocycles. The maximum Gasteiger partial charge on any atom is 0.491 e. The molecule has 1 aromatic rings. The van der Waals surface area contributed by atoms with Crippen LogP contribution in [-0.2, 0) is 9.31 Å². The molecular formula is C17H23BBrNO4. The Morgan fingerprint density at radius 1 is 1.29 bits per heavy atom. The van der Waals surface area contributed by atoms with Gasteiger partial charge in [-0.3, -0.25) is 0 Å². The lowest BCUT2D eigenvalue weighted by Gasteiger charge is -2.32. The highest BCUT2D eigenvalue weighted by molar-refractivity contribution is 9.10. The van der Waals surface area contributed by atoms with E-state index in [1.54, 1.807) is 18.2 Å². The van der Waals surface area contributed by atoms with E-state index in [4.69, 9.17) is 14.4 Å². The summed E-state index contributed by atoms with van der Waals surface area (Å²) in [6, 6.07) is 4.95. The van der Waals surface area contributed by atoms with Gasteiger partial charge >= 0.3 is 13.1 Å². The van der Waals surface area contributed by atoms with Crippen molar-refractivity contribution < 1.29 is 19.2 Å². The van der Waals surface area contributed by atoms with E-state index in [1.807, 2.05) is 40.8 Å². The molecule has 0 aromatic heterocycles. The SMILES string of the molecule is CNCC(=Cc1ccc(C(=O)O)cc1Br)B1OC(C)(C)C(C)(C)O1. The Morgan fingerprint density at radius 2 is 1.88 bits per heavy atom. The standard InChI is InChI=1S/C17H23BBrNO4/c1-16(2)17(3,4)24-18(23-16)13(10-20-5)8-11-6-7-12(15(21)22)9-14(11)19/h6-9,20H,10H2,1-5H3,(H,21,22). The summed E-state index contributed by atoms with van der Waals surface area (Å²) >= 11 is 3.44. The second kappa shape index (κ2) is 7.00. The number of carbonyl (C=O) groups is 1. The first kappa shape index (κ1) is 19.2. The number of benzene rings is 1. The van der Waals surface area contributed by atoms with Gasteiger partial charge in [0.05, 0.1) is 16.8 Å². The van der Waals surface area contributed by atoms with Gasteiger partial charge in [-0.2, -0.15) is 0 Å². The molecule has 2 N–H and O–H groups in total. The third-order valence-electron chi connectivity index (χ3n) is 4.53. The largest absolute Gasteiger partial charge is 0.491 e. The molecule has 5 nitrogen and oxygen atoms in total. The zero-order valence-electron chi connectivity index (χ0n) is 14.6. The van der Waals surface area contributed by atoms with Crippen LogP contribution in [0.3, 0.4) is 0 Å². The normalized spacial score (nSPS) is 19.6. The number of rotatable bonds is 5. The Morgan fingerprint density at radius 3 is 2.33 bits per heavy atom. The van der Waals surface area contributed by atoms with E-state index in [1.165, 1.54) is 0 Å². The van der Waals surface area contributed by atoms with Crippen molar-refractivity contribution in [2.75, 3.05) is 13.6 Å². The first-order valence-corrected chi connectivity index (χ1v) is 8.60. The van der Waals surface area contributed by atoms with Crippen LogP contribution in [0.25, 0.3) is 6.08 Å². The zero-order valence-corrected chi connectivity index (χ0v) is 16.2. The van der Waals surface area contributed by atoms with Gasteiger partial charge in [0, 0.05) is 11.0 Å². The van der Waals surface area contributed by atoms with Crippen LogP contribution in [0.1, 0.15) is 43.6 Å². The fourth-order valence-corrected chi connectivity index (χ4v) is 2.87. The molecule has 2 rings (SSSR count). The number of likely N-dealkylation sites (N-methyl/N-ethyl adjacent to an activating group) is 1. The molecule has 1 aromatic carbocycles. The molecule has 1 aliphatic heterocycles. The van der Waals surface area contributed by atoms with Crippen molar-refractivity contribution in [3.05, 3.63) is 39.3 Å². The zero-order chi connectivity index (χ0) is 18.1. The number of aromatic carboxylic acids is 1.